The predicted molar refractivity (Wildman–Crippen MR) is 53.6 cm³/mol. The van der Waals surface area contributed by atoms with E-state index in [-0.39, 0.29) is 0 Å². The Morgan fingerprint density at radius 3 is 2.42 bits per heavy atom. The molecule has 61 valence electrons. The van der Waals surface area contributed by atoms with E-state index in [1.54, 1.807) is 0 Å². The second-order valence-corrected chi connectivity index (χ2v) is 2.51. The molecule has 0 saturated heterocycles. The van der Waals surface area contributed by atoms with Crippen LogP contribution in [0.15, 0.2) is 54.7 Å². The van der Waals surface area contributed by atoms with Gasteiger partial charge >= 0.3 is 0 Å². The fourth-order valence-electron chi connectivity index (χ4n) is 0.882. The topological polar surface area (TPSA) is 0 Å². The van der Waals surface area contributed by atoms with E-state index in [0.717, 1.165) is 12.8 Å². The van der Waals surface area contributed by atoms with Gasteiger partial charge in [0.2, 0.25) is 0 Å². The van der Waals surface area contributed by atoms with Crippen molar-refractivity contribution in [3.8, 4) is 0 Å². The molecule has 0 N–H and O–H groups in total. The zero-order chi connectivity index (χ0) is 8.49. The Labute approximate surface area is 74.3 Å². The molecule has 0 heterocycles. The number of hydrogen-bond acceptors (Lipinski definition) is 0. The van der Waals surface area contributed by atoms with Gasteiger partial charge < -0.3 is 0 Å². The molecule has 0 nitrogen and oxygen atoms in total. The standard InChI is InChI=1S/C12H13/c1-2-4-6-8-10-12-11-9-7-5-3-1/h1-6,10-12H,7,9H2/b2-1+,5-3+,6-4+,10-8?,12-11+. The highest BCUT2D eigenvalue weighted by Crippen LogP contribution is 1.94. The second kappa shape index (κ2) is 6.41. The third kappa shape index (κ3) is 4.51. The van der Waals surface area contributed by atoms with Crippen LogP contribution < -0.4 is 0 Å². The Hall–Kier alpha value is -1.30. The Kier molecular flexibility index (Phi) is 4.70. The van der Waals surface area contributed by atoms with Gasteiger partial charge in [-0.15, -0.1) is 0 Å². The van der Waals surface area contributed by atoms with Gasteiger partial charge in [-0.3, -0.25) is 0 Å². The molecule has 0 heteroatoms. The van der Waals surface area contributed by atoms with E-state index in [1.165, 1.54) is 0 Å². The monoisotopic (exact) mass is 157 g/mol. The lowest BCUT2D eigenvalue weighted by Crippen LogP contribution is -1.64. The minimum absolute atomic E-state index is 1.10. The van der Waals surface area contributed by atoms with Crippen LogP contribution in [0.2, 0.25) is 0 Å². The fraction of sp³-hybridized carbons (Fsp3) is 0.167. The van der Waals surface area contributed by atoms with Crippen LogP contribution in [-0.4, -0.2) is 0 Å². The van der Waals surface area contributed by atoms with Crippen molar-refractivity contribution in [2.24, 2.45) is 0 Å². The molecule has 0 amide bonds. The van der Waals surface area contributed by atoms with Crippen LogP contribution in [0.3, 0.4) is 0 Å². The lowest BCUT2D eigenvalue weighted by molar-refractivity contribution is 1.05. The third-order valence-corrected chi connectivity index (χ3v) is 1.49. The average Bonchev–Trinajstić information content (AvgIpc) is 2.05. The first-order valence-corrected chi connectivity index (χ1v) is 4.23. The van der Waals surface area contributed by atoms with Crippen LogP contribution in [0.1, 0.15) is 12.8 Å². The van der Waals surface area contributed by atoms with Gasteiger partial charge in [0.25, 0.3) is 0 Å². The SMILES string of the molecule is [C]1=C\C=C\CC/C=C/C=C/C=C/1. The Balaban J connectivity index is 2.55. The predicted octanol–water partition coefficient (Wildman–Crippen LogP) is 3.36. The first-order chi connectivity index (χ1) is 6.00. The summed E-state index contributed by atoms with van der Waals surface area (Å²) in [5, 5.41) is 0. The van der Waals surface area contributed by atoms with Gasteiger partial charge in [0, 0.05) is 0 Å². The minimum Gasteiger partial charge on any atom is -0.0842 e. The van der Waals surface area contributed by atoms with Crippen molar-refractivity contribution in [3.05, 3.63) is 60.8 Å². The Morgan fingerprint density at radius 1 is 0.750 bits per heavy atom. The van der Waals surface area contributed by atoms with Crippen LogP contribution >= 0.6 is 0 Å². The molecule has 1 rings (SSSR count). The summed E-state index contributed by atoms with van der Waals surface area (Å²) in [6.45, 7) is 0. The molecule has 12 heavy (non-hydrogen) atoms. The second-order valence-electron chi connectivity index (χ2n) is 2.51. The van der Waals surface area contributed by atoms with E-state index >= 15 is 0 Å². The van der Waals surface area contributed by atoms with Gasteiger partial charge in [0.05, 0.1) is 0 Å². The van der Waals surface area contributed by atoms with Gasteiger partial charge in [-0.1, -0.05) is 54.7 Å². The molecule has 0 fully saturated rings. The van der Waals surface area contributed by atoms with Gasteiger partial charge in [-0.05, 0) is 18.9 Å². The summed E-state index contributed by atoms with van der Waals surface area (Å²) >= 11 is 0. The van der Waals surface area contributed by atoms with Gasteiger partial charge in [-0.25, -0.2) is 0 Å². The van der Waals surface area contributed by atoms with Gasteiger partial charge in [-0.2, -0.15) is 0 Å². The molecule has 0 aromatic carbocycles. The van der Waals surface area contributed by atoms with Crippen LogP contribution in [0.4, 0.5) is 0 Å². The molecule has 0 aliphatic heterocycles. The smallest absolute Gasteiger partial charge is 0.0184 e. The minimum atomic E-state index is 1.10. The van der Waals surface area contributed by atoms with E-state index < -0.39 is 0 Å². The van der Waals surface area contributed by atoms with Crippen molar-refractivity contribution in [2.45, 2.75) is 12.8 Å². The van der Waals surface area contributed by atoms with Crippen LogP contribution in [0, 0.1) is 6.08 Å². The van der Waals surface area contributed by atoms with Gasteiger partial charge in [0.15, 0.2) is 0 Å². The zero-order valence-corrected chi connectivity index (χ0v) is 7.11. The summed E-state index contributed by atoms with van der Waals surface area (Å²) in [6.07, 6.45) is 23.5. The summed E-state index contributed by atoms with van der Waals surface area (Å²) in [5.74, 6) is 0. The molecular formula is C12H13. The summed E-state index contributed by atoms with van der Waals surface area (Å²) in [4.78, 5) is 0. The van der Waals surface area contributed by atoms with Crippen LogP contribution in [-0.2, 0) is 0 Å². The number of rotatable bonds is 0. The summed E-state index contributed by atoms with van der Waals surface area (Å²) in [6, 6.07) is 0. The first-order valence-electron chi connectivity index (χ1n) is 4.23. The Morgan fingerprint density at radius 2 is 1.50 bits per heavy atom. The highest BCUT2D eigenvalue weighted by molar-refractivity contribution is 5.15. The molecule has 0 bridgehead atoms. The number of allylic oxidation sites excluding steroid dienone is 10. The molecule has 0 aromatic heterocycles. The van der Waals surface area contributed by atoms with E-state index in [0.29, 0.717) is 0 Å². The maximum absolute atomic E-state index is 3.04. The zero-order valence-electron chi connectivity index (χ0n) is 7.11. The fourth-order valence-corrected chi connectivity index (χ4v) is 0.882. The average molecular weight is 157 g/mol. The van der Waals surface area contributed by atoms with E-state index in [4.69, 9.17) is 0 Å². The summed E-state index contributed by atoms with van der Waals surface area (Å²) < 4.78 is 0. The van der Waals surface area contributed by atoms with Crippen molar-refractivity contribution in [3.63, 3.8) is 0 Å². The van der Waals surface area contributed by atoms with Crippen LogP contribution in [0.5, 0.6) is 0 Å². The molecule has 1 aliphatic rings. The molecule has 0 saturated carbocycles. The van der Waals surface area contributed by atoms with Crippen molar-refractivity contribution in [1.82, 2.24) is 0 Å². The lowest BCUT2D eigenvalue weighted by Gasteiger charge is -1.84. The van der Waals surface area contributed by atoms with Crippen molar-refractivity contribution >= 4 is 0 Å². The molecule has 1 aliphatic carbocycles. The maximum Gasteiger partial charge on any atom is -0.0184 e. The molecule has 0 atom stereocenters. The lowest BCUT2D eigenvalue weighted by atomic mass is 10.2. The maximum atomic E-state index is 3.04. The normalized spacial score (nSPS) is 30.7. The van der Waals surface area contributed by atoms with Crippen molar-refractivity contribution in [2.75, 3.05) is 0 Å². The Bertz CT molecular complexity index is 211. The molecule has 0 spiro atoms. The van der Waals surface area contributed by atoms with E-state index in [2.05, 4.69) is 24.3 Å². The first kappa shape index (κ1) is 8.79. The van der Waals surface area contributed by atoms with Crippen LogP contribution in [0.25, 0.3) is 0 Å². The van der Waals surface area contributed by atoms with Crippen molar-refractivity contribution in [1.29, 1.82) is 0 Å². The summed E-state index contributed by atoms with van der Waals surface area (Å²) in [5.41, 5.74) is 0. The highest BCUT2D eigenvalue weighted by Gasteiger charge is 1.74. The number of hydrogen-bond donors (Lipinski definition) is 0. The van der Waals surface area contributed by atoms with Crippen molar-refractivity contribution < 1.29 is 0 Å². The van der Waals surface area contributed by atoms with Gasteiger partial charge in [0.1, 0.15) is 0 Å². The highest BCUT2D eigenvalue weighted by atomic mass is 13.8. The molecule has 0 aromatic rings. The molecule has 0 unspecified atom stereocenters. The third-order valence-electron chi connectivity index (χ3n) is 1.49. The summed E-state index contributed by atoms with van der Waals surface area (Å²) in [7, 11) is 0. The molecule has 1 radical (unpaired) electrons. The largest absolute Gasteiger partial charge is 0.0842 e. The molecular weight excluding hydrogens is 144 g/mol. The van der Waals surface area contributed by atoms with E-state index in [9.17, 15) is 0 Å². The van der Waals surface area contributed by atoms with E-state index in [1.807, 2.05) is 36.5 Å². The quantitative estimate of drug-likeness (QED) is 0.505.